The molecule has 0 saturated carbocycles. The summed E-state index contributed by atoms with van der Waals surface area (Å²) < 4.78 is 13.9. The van der Waals surface area contributed by atoms with Gasteiger partial charge in [0.1, 0.15) is 5.82 Å². The standard InChI is InChI=1S/C16H18FN3O/c1-10(12-5-3-4-6-14(12)17)20(2)15-8-7-11(18)9-13(15)16(19)21/h3-10H,18H2,1-2H3,(H2,19,21). The maximum Gasteiger partial charge on any atom is 0.250 e. The molecule has 2 rings (SSSR count). The first-order valence-corrected chi connectivity index (χ1v) is 6.58. The van der Waals surface area contributed by atoms with Crippen LogP contribution in [-0.2, 0) is 0 Å². The van der Waals surface area contributed by atoms with Crippen molar-refractivity contribution in [1.82, 2.24) is 0 Å². The van der Waals surface area contributed by atoms with E-state index in [2.05, 4.69) is 0 Å². The van der Waals surface area contributed by atoms with Gasteiger partial charge in [0.2, 0.25) is 0 Å². The Morgan fingerprint density at radius 2 is 1.90 bits per heavy atom. The van der Waals surface area contributed by atoms with Crippen molar-refractivity contribution in [2.24, 2.45) is 5.73 Å². The molecule has 21 heavy (non-hydrogen) atoms. The van der Waals surface area contributed by atoms with E-state index in [1.54, 1.807) is 42.3 Å². The minimum Gasteiger partial charge on any atom is -0.399 e. The van der Waals surface area contributed by atoms with Gasteiger partial charge in [-0.2, -0.15) is 0 Å². The molecule has 0 fully saturated rings. The molecule has 4 N–H and O–H groups in total. The van der Waals surface area contributed by atoms with Crippen molar-refractivity contribution in [2.75, 3.05) is 17.7 Å². The molecule has 4 nitrogen and oxygen atoms in total. The lowest BCUT2D eigenvalue weighted by atomic mass is 10.0. The summed E-state index contributed by atoms with van der Waals surface area (Å²) in [7, 11) is 1.79. The fraction of sp³-hybridized carbons (Fsp3) is 0.188. The molecule has 1 atom stereocenters. The van der Waals surface area contributed by atoms with Gasteiger partial charge in [-0.25, -0.2) is 4.39 Å². The largest absolute Gasteiger partial charge is 0.399 e. The molecule has 110 valence electrons. The lowest BCUT2D eigenvalue weighted by molar-refractivity contribution is 0.100. The molecule has 0 aliphatic rings. The average Bonchev–Trinajstić information content (AvgIpc) is 2.46. The predicted molar refractivity (Wildman–Crippen MR) is 82.6 cm³/mol. The highest BCUT2D eigenvalue weighted by molar-refractivity contribution is 5.99. The molecule has 1 amide bonds. The number of nitrogens with two attached hydrogens (primary N) is 2. The molecule has 0 radical (unpaired) electrons. The highest BCUT2D eigenvalue weighted by Gasteiger charge is 2.19. The molecule has 1 unspecified atom stereocenters. The monoisotopic (exact) mass is 287 g/mol. The maximum atomic E-state index is 13.9. The number of anilines is 2. The third kappa shape index (κ3) is 2.97. The van der Waals surface area contributed by atoms with Crippen molar-refractivity contribution in [3.05, 3.63) is 59.4 Å². The van der Waals surface area contributed by atoms with Crippen molar-refractivity contribution in [3.8, 4) is 0 Å². The Balaban J connectivity index is 2.43. The molecule has 0 aliphatic carbocycles. The van der Waals surface area contributed by atoms with Crippen LogP contribution in [0.15, 0.2) is 42.5 Å². The van der Waals surface area contributed by atoms with Gasteiger partial charge in [-0.05, 0) is 31.2 Å². The van der Waals surface area contributed by atoms with E-state index in [4.69, 9.17) is 11.5 Å². The molecular weight excluding hydrogens is 269 g/mol. The van der Waals surface area contributed by atoms with Gasteiger partial charge in [-0.3, -0.25) is 4.79 Å². The zero-order valence-corrected chi connectivity index (χ0v) is 12.0. The number of nitrogens with zero attached hydrogens (tertiary/aromatic N) is 1. The third-order valence-electron chi connectivity index (χ3n) is 3.60. The predicted octanol–water partition coefficient (Wildman–Crippen LogP) is 2.70. The van der Waals surface area contributed by atoms with E-state index in [1.807, 2.05) is 6.92 Å². The minimum absolute atomic E-state index is 0.257. The van der Waals surface area contributed by atoms with Gasteiger partial charge >= 0.3 is 0 Å². The van der Waals surface area contributed by atoms with Crippen LogP contribution >= 0.6 is 0 Å². The third-order valence-corrected chi connectivity index (χ3v) is 3.60. The lowest BCUT2D eigenvalue weighted by Gasteiger charge is -2.29. The molecule has 0 aliphatic heterocycles. The van der Waals surface area contributed by atoms with Crippen LogP contribution in [0.25, 0.3) is 0 Å². The summed E-state index contributed by atoms with van der Waals surface area (Å²) in [5, 5.41) is 0. The second kappa shape index (κ2) is 5.83. The van der Waals surface area contributed by atoms with Gasteiger partial charge in [0, 0.05) is 24.0 Å². The fourth-order valence-electron chi connectivity index (χ4n) is 2.29. The van der Waals surface area contributed by atoms with Crippen molar-refractivity contribution in [3.63, 3.8) is 0 Å². The average molecular weight is 287 g/mol. The number of nitrogen functional groups attached to an aromatic ring is 1. The molecule has 0 aromatic heterocycles. The fourth-order valence-corrected chi connectivity index (χ4v) is 2.29. The number of halogens is 1. The SMILES string of the molecule is CC(c1ccccc1F)N(C)c1ccc(N)cc1C(N)=O. The van der Waals surface area contributed by atoms with Crippen LogP contribution in [0.3, 0.4) is 0 Å². The number of hydrogen-bond donors (Lipinski definition) is 2. The van der Waals surface area contributed by atoms with Crippen molar-refractivity contribution in [1.29, 1.82) is 0 Å². The first-order chi connectivity index (χ1) is 9.91. The van der Waals surface area contributed by atoms with E-state index >= 15 is 0 Å². The van der Waals surface area contributed by atoms with E-state index in [0.29, 0.717) is 22.5 Å². The summed E-state index contributed by atoms with van der Waals surface area (Å²) in [6.07, 6.45) is 0. The second-order valence-electron chi connectivity index (χ2n) is 4.95. The Morgan fingerprint density at radius 3 is 2.52 bits per heavy atom. The molecule has 2 aromatic rings. The molecule has 2 aromatic carbocycles. The van der Waals surface area contributed by atoms with Crippen LogP contribution < -0.4 is 16.4 Å². The van der Waals surface area contributed by atoms with Crippen LogP contribution in [0.4, 0.5) is 15.8 Å². The lowest BCUT2D eigenvalue weighted by Crippen LogP contribution is -2.26. The zero-order valence-electron chi connectivity index (χ0n) is 12.0. The number of hydrogen-bond acceptors (Lipinski definition) is 3. The topological polar surface area (TPSA) is 72.3 Å². The van der Waals surface area contributed by atoms with Gasteiger partial charge in [-0.15, -0.1) is 0 Å². The van der Waals surface area contributed by atoms with E-state index in [0.717, 1.165) is 0 Å². The van der Waals surface area contributed by atoms with Gasteiger partial charge in [0.25, 0.3) is 5.91 Å². The summed E-state index contributed by atoms with van der Waals surface area (Å²) in [5.41, 5.74) is 13.0. The molecular formula is C16H18FN3O. The van der Waals surface area contributed by atoms with Gasteiger partial charge in [0.05, 0.1) is 11.6 Å². The van der Waals surface area contributed by atoms with Crippen LogP contribution in [0.2, 0.25) is 0 Å². The molecule has 0 saturated heterocycles. The number of amides is 1. The number of carbonyl (C=O) groups is 1. The maximum absolute atomic E-state index is 13.9. The van der Waals surface area contributed by atoms with Crippen LogP contribution in [0.1, 0.15) is 28.9 Å². The van der Waals surface area contributed by atoms with Crippen LogP contribution in [-0.4, -0.2) is 13.0 Å². The number of benzene rings is 2. The number of primary amides is 1. The smallest absolute Gasteiger partial charge is 0.250 e. The second-order valence-corrected chi connectivity index (χ2v) is 4.95. The van der Waals surface area contributed by atoms with Crippen molar-refractivity contribution >= 4 is 17.3 Å². The molecule has 0 spiro atoms. The summed E-state index contributed by atoms with van der Waals surface area (Å²) in [4.78, 5) is 13.4. The first-order valence-electron chi connectivity index (χ1n) is 6.58. The summed E-state index contributed by atoms with van der Waals surface area (Å²) in [6, 6.07) is 11.2. The number of rotatable bonds is 4. The Bertz CT molecular complexity index is 672. The van der Waals surface area contributed by atoms with E-state index in [9.17, 15) is 9.18 Å². The molecule has 0 heterocycles. The van der Waals surface area contributed by atoms with E-state index < -0.39 is 5.91 Å². The summed E-state index contributed by atoms with van der Waals surface area (Å²) in [5.74, 6) is -0.849. The van der Waals surface area contributed by atoms with Gasteiger partial charge in [-0.1, -0.05) is 18.2 Å². The van der Waals surface area contributed by atoms with Gasteiger partial charge < -0.3 is 16.4 Å². The zero-order chi connectivity index (χ0) is 15.6. The minimum atomic E-state index is -0.565. The van der Waals surface area contributed by atoms with Gasteiger partial charge in [0.15, 0.2) is 0 Å². The molecule has 0 bridgehead atoms. The highest BCUT2D eigenvalue weighted by Crippen LogP contribution is 2.30. The van der Waals surface area contributed by atoms with Crippen molar-refractivity contribution in [2.45, 2.75) is 13.0 Å². The Labute approximate surface area is 123 Å². The summed E-state index contributed by atoms with van der Waals surface area (Å²) in [6.45, 7) is 1.86. The Hall–Kier alpha value is -2.56. The highest BCUT2D eigenvalue weighted by atomic mass is 19.1. The number of carbonyl (C=O) groups excluding carboxylic acids is 1. The van der Waals surface area contributed by atoms with Crippen molar-refractivity contribution < 1.29 is 9.18 Å². The Morgan fingerprint density at radius 1 is 1.24 bits per heavy atom. The van der Waals surface area contributed by atoms with E-state index in [-0.39, 0.29) is 11.9 Å². The summed E-state index contributed by atoms with van der Waals surface area (Å²) >= 11 is 0. The van der Waals surface area contributed by atoms with Crippen LogP contribution in [0, 0.1) is 5.82 Å². The van der Waals surface area contributed by atoms with Crippen LogP contribution in [0.5, 0.6) is 0 Å². The Kier molecular flexibility index (Phi) is 4.12. The van der Waals surface area contributed by atoms with E-state index in [1.165, 1.54) is 12.1 Å². The normalized spacial score (nSPS) is 12.0. The quantitative estimate of drug-likeness (QED) is 0.849. The first kappa shape index (κ1) is 14.8. The molecule has 5 heteroatoms.